The minimum atomic E-state index is 0.808. The van der Waals surface area contributed by atoms with Crippen LogP contribution in [0, 0.1) is 0 Å². The summed E-state index contributed by atoms with van der Waals surface area (Å²) in [6.07, 6.45) is 5.66. The molecule has 0 aliphatic heterocycles. The van der Waals surface area contributed by atoms with Gasteiger partial charge in [-0.3, -0.25) is 9.88 Å². The highest BCUT2D eigenvalue weighted by Crippen LogP contribution is 2.27. The van der Waals surface area contributed by atoms with Crippen LogP contribution in [0.4, 0.5) is 0 Å². The lowest BCUT2D eigenvalue weighted by Crippen LogP contribution is -2.19. The van der Waals surface area contributed by atoms with Crippen LogP contribution in [-0.2, 0) is 19.6 Å². The lowest BCUT2D eigenvalue weighted by Gasteiger charge is -2.19. The fourth-order valence-corrected chi connectivity index (χ4v) is 3.53. The maximum absolute atomic E-state index is 5.46. The summed E-state index contributed by atoms with van der Waals surface area (Å²) in [5.74, 6) is 0.808. The number of pyridine rings is 1. The summed E-state index contributed by atoms with van der Waals surface area (Å²) in [6, 6.07) is 18.7. The molecular weight excluding hydrogens is 348 g/mol. The van der Waals surface area contributed by atoms with E-state index < -0.39 is 0 Å². The van der Waals surface area contributed by atoms with Gasteiger partial charge in [0.1, 0.15) is 11.3 Å². The number of methoxy groups -OCH3 is 1. The van der Waals surface area contributed by atoms with E-state index in [0.717, 1.165) is 36.3 Å². The number of aromatic nitrogens is 3. The highest BCUT2D eigenvalue weighted by atomic mass is 16.5. The SMILES string of the molecule is COc1ccc(CN(C)Cc2cncn2Cc2ccccc2)c2cccnc12. The van der Waals surface area contributed by atoms with Gasteiger partial charge in [-0.25, -0.2) is 4.98 Å². The first-order valence-corrected chi connectivity index (χ1v) is 9.36. The van der Waals surface area contributed by atoms with E-state index in [-0.39, 0.29) is 0 Å². The molecule has 0 atom stereocenters. The molecule has 0 saturated carbocycles. The average Bonchev–Trinajstić information content (AvgIpc) is 3.15. The molecule has 0 amide bonds. The molecule has 142 valence electrons. The number of imidazole rings is 1. The number of hydrogen-bond acceptors (Lipinski definition) is 4. The average molecular weight is 372 g/mol. The number of nitrogens with zero attached hydrogens (tertiary/aromatic N) is 4. The second kappa shape index (κ2) is 8.23. The minimum absolute atomic E-state index is 0.808. The van der Waals surface area contributed by atoms with Gasteiger partial charge in [-0.2, -0.15) is 0 Å². The number of benzene rings is 2. The molecule has 0 spiro atoms. The monoisotopic (exact) mass is 372 g/mol. The predicted molar refractivity (Wildman–Crippen MR) is 111 cm³/mol. The number of hydrogen-bond donors (Lipinski definition) is 0. The van der Waals surface area contributed by atoms with Crippen LogP contribution < -0.4 is 4.74 Å². The molecule has 0 aliphatic carbocycles. The molecule has 2 aromatic carbocycles. The molecule has 28 heavy (non-hydrogen) atoms. The van der Waals surface area contributed by atoms with E-state index >= 15 is 0 Å². The Morgan fingerprint density at radius 1 is 1.00 bits per heavy atom. The lowest BCUT2D eigenvalue weighted by atomic mass is 10.1. The highest BCUT2D eigenvalue weighted by Gasteiger charge is 2.11. The molecule has 0 aliphatic rings. The van der Waals surface area contributed by atoms with Crippen molar-refractivity contribution < 1.29 is 4.74 Å². The Kier molecular flexibility index (Phi) is 5.35. The van der Waals surface area contributed by atoms with Crippen LogP contribution in [0.2, 0.25) is 0 Å². The fraction of sp³-hybridized carbons (Fsp3) is 0.217. The molecule has 5 nitrogen and oxygen atoms in total. The third-order valence-corrected chi connectivity index (χ3v) is 4.91. The van der Waals surface area contributed by atoms with Crippen molar-refractivity contribution >= 4 is 10.9 Å². The summed E-state index contributed by atoms with van der Waals surface area (Å²) >= 11 is 0. The zero-order valence-corrected chi connectivity index (χ0v) is 16.2. The van der Waals surface area contributed by atoms with E-state index in [4.69, 9.17) is 4.74 Å². The second-order valence-electron chi connectivity index (χ2n) is 7.00. The second-order valence-corrected chi connectivity index (χ2v) is 7.00. The smallest absolute Gasteiger partial charge is 0.145 e. The standard InChI is InChI=1S/C23H24N4O/c1-26(15-19-10-11-22(28-2)23-21(19)9-6-12-25-23)16-20-13-24-17-27(20)14-18-7-4-3-5-8-18/h3-13,17H,14-16H2,1-2H3. The molecule has 0 N–H and O–H groups in total. The lowest BCUT2D eigenvalue weighted by molar-refractivity contribution is 0.311. The van der Waals surface area contributed by atoms with Crippen molar-refractivity contribution in [3.05, 3.63) is 90.1 Å². The van der Waals surface area contributed by atoms with Gasteiger partial charge in [-0.05, 0) is 30.3 Å². The van der Waals surface area contributed by atoms with Gasteiger partial charge in [0.2, 0.25) is 0 Å². The van der Waals surface area contributed by atoms with E-state index in [9.17, 15) is 0 Å². The fourth-order valence-electron chi connectivity index (χ4n) is 3.53. The molecule has 0 radical (unpaired) electrons. The highest BCUT2D eigenvalue weighted by molar-refractivity contribution is 5.87. The first kappa shape index (κ1) is 18.2. The largest absolute Gasteiger partial charge is 0.494 e. The van der Waals surface area contributed by atoms with Gasteiger partial charge in [-0.15, -0.1) is 0 Å². The van der Waals surface area contributed by atoms with Crippen LogP contribution in [0.15, 0.2) is 73.3 Å². The normalized spacial score (nSPS) is 11.2. The van der Waals surface area contributed by atoms with E-state index in [0.29, 0.717) is 0 Å². The minimum Gasteiger partial charge on any atom is -0.494 e. The van der Waals surface area contributed by atoms with Crippen molar-refractivity contribution in [2.45, 2.75) is 19.6 Å². The van der Waals surface area contributed by atoms with Crippen molar-refractivity contribution in [2.75, 3.05) is 14.2 Å². The molecule has 0 bridgehead atoms. The quantitative estimate of drug-likeness (QED) is 0.489. The van der Waals surface area contributed by atoms with Gasteiger partial charge in [0.15, 0.2) is 0 Å². The number of ether oxygens (including phenoxy) is 1. The Balaban J connectivity index is 1.51. The van der Waals surface area contributed by atoms with Gasteiger partial charge in [0, 0.05) is 37.4 Å². The first-order chi connectivity index (χ1) is 13.7. The molecule has 4 rings (SSSR count). The predicted octanol–water partition coefficient (Wildman–Crippen LogP) is 4.12. The molecule has 0 saturated heterocycles. The van der Waals surface area contributed by atoms with E-state index in [1.165, 1.54) is 16.8 Å². The zero-order valence-electron chi connectivity index (χ0n) is 16.2. The van der Waals surface area contributed by atoms with Gasteiger partial charge < -0.3 is 9.30 Å². The molecule has 0 fully saturated rings. The van der Waals surface area contributed by atoms with Gasteiger partial charge in [0.05, 0.1) is 19.1 Å². The Hall–Kier alpha value is -3.18. The summed E-state index contributed by atoms with van der Waals surface area (Å²) in [7, 11) is 3.81. The summed E-state index contributed by atoms with van der Waals surface area (Å²) in [6.45, 7) is 2.47. The Morgan fingerprint density at radius 3 is 2.68 bits per heavy atom. The Labute approximate surface area is 165 Å². The van der Waals surface area contributed by atoms with Crippen molar-refractivity contribution in [3.8, 4) is 5.75 Å². The summed E-state index contributed by atoms with van der Waals surface area (Å²) in [4.78, 5) is 11.2. The van der Waals surface area contributed by atoms with Crippen molar-refractivity contribution in [3.63, 3.8) is 0 Å². The topological polar surface area (TPSA) is 43.2 Å². The van der Waals surface area contributed by atoms with E-state index in [1.807, 2.05) is 30.7 Å². The number of fused-ring (bicyclic) bond motifs is 1. The summed E-state index contributed by atoms with van der Waals surface area (Å²) < 4.78 is 7.67. The molecule has 0 unspecified atom stereocenters. The Bertz CT molecular complexity index is 1060. The molecule has 4 aromatic rings. The van der Waals surface area contributed by atoms with Crippen molar-refractivity contribution in [1.82, 2.24) is 19.4 Å². The summed E-state index contributed by atoms with van der Waals surface area (Å²) in [5.41, 5.74) is 4.62. The van der Waals surface area contributed by atoms with Crippen LogP contribution in [0.3, 0.4) is 0 Å². The first-order valence-electron chi connectivity index (χ1n) is 9.36. The van der Waals surface area contributed by atoms with Crippen LogP contribution in [0.25, 0.3) is 10.9 Å². The van der Waals surface area contributed by atoms with Gasteiger partial charge in [-0.1, -0.05) is 42.5 Å². The van der Waals surface area contributed by atoms with E-state index in [1.54, 1.807) is 13.3 Å². The Morgan fingerprint density at radius 2 is 1.86 bits per heavy atom. The van der Waals surface area contributed by atoms with Gasteiger partial charge >= 0.3 is 0 Å². The maximum atomic E-state index is 5.46. The van der Waals surface area contributed by atoms with Crippen LogP contribution >= 0.6 is 0 Å². The molecule has 2 heterocycles. The third-order valence-electron chi connectivity index (χ3n) is 4.91. The van der Waals surface area contributed by atoms with Crippen LogP contribution in [0.1, 0.15) is 16.8 Å². The van der Waals surface area contributed by atoms with Crippen LogP contribution in [0.5, 0.6) is 5.75 Å². The van der Waals surface area contributed by atoms with Crippen molar-refractivity contribution in [2.24, 2.45) is 0 Å². The molecule has 5 heteroatoms. The molecular formula is C23H24N4O. The number of rotatable bonds is 7. The summed E-state index contributed by atoms with van der Waals surface area (Å²) in [5, 5.41) is 1.13. The molecule has 2 aromatic heterocycles. The zero-order chi connectivity index (χ0) is 19.3. The van der Waals surface area contributed by atoms with Crippen LogP contribution in [-0.4, -0.2) is 33.6 Å². The van der Waals surface area contributed by atoms with Crippen molar-refractivity contribution in [1.29, 1.82) is 0 Å². The van der Waals surface area contributed by atoms with E-state index in [2.05, 4.69) is 62.9 Å². The maximum Gasteiger partial charge on any atom is 0.145 e. The van der Waals surface area contributed by atoms with Gasteiger partial charge in [0.25, 0.3) is 0 Å². The third kappa shape index (κ3) is 3.89.